The second-order valence-corrected chi connectivity index (χ2v) is 10.5. The Balaban J connectivity index is 0.000000443. The van der Waals surface area contributed by atoms with Gasteiger partial charge in [0, 0.05) is 24.1 Å². The van der Waals surface area contributed by atoms with E-state index in [2.05, 4.69) is 29.4 Å². The molecule has 0 radical (unpaired) electrons. The summed E-state index contributed by atoms with van der Waals surface area (Å²) >= 11 is 1.22. The average molecular weight is 578 g/mol. The summed E-state index contributed by atoms with van der Waals surface area (Å²) in [5.41, 5.74) is 6.05. The first-order chi connectivity index (χ1) is 19.7. The Bertz CT molecular complexity index is 1460. The van der Waals surface area contributed by atoms with E-state index in [1.54, 1.807) is 24.2 Å². The Kier molecular flexibility index (Phi) is 11.3. The Morgan fingerprint density at radius 1 is 1.07 bits per heavy atom. The number of hydrogen-bond donors (Lipinski definition) is 1. The van der Waals surface area contributed by atoms with Crippen molar-refractivity contribution in [3.05, 3.63) is 101 Å². The summed E-state index contributed by atoms with van der Waals surface area (Å²) in [5, 5.41) is 9.44. The highest BCUT2D eigenvalue weighted by Crippen LogP contribution is 2.44. The van der Waals surface area contributed by atoms with Gasteiger partial charge in [-0.25, -0.2) is 4.39 Å². The van der Waals surface area contributed by atoms with Crippen LogP contribution in [0.2, 0.25) is 0 Å². The number of halogens is 1. The van der Waals surface area contributed by atoms with Crippen LogP contribution >= 0.6 is 11.9 Å². The summed E-state index contributed by atoms with van der Waals surface area (Å²) in [7, 11) is 1.71. The highest BCUT2D eigenvalue weighted by molar-refractivity contribution is 7.97. The van der Waals surface area contributed by atoms with Gasteiger partial charge in [0.25, 0.3) is 0 Å². The number of ether oxygens (including phenoxy) is 1. The Hall–Kier alpha value is -3.46. The zero-order chi connectivity index (χ0) is 30.2. The number of likely N-dealkylation sites (N-methyl/N-ethyl adjacent to an activating group) is 1. The SMILES string of the molecule is CC.CCOCc1cc(CC2(C)C(=O)N(C)c3cc(F)ccc32)ccc1-c1ccccc1SN.Cc1cnoc1C. The van der Waals surface area contributed by atoms with Crippen LogP contribution in [0.4, 0.5) is 10.1 Å². The number of nitrogens with zero attached hydrogens (tertiary/aromatic N) is 2. The van der Waals surface area contributed by atoms with Gasteiger partial charge in [-0.2, -0.15) is 0 Å². The molecule has 1 unspecified atom stereocenters. The van der Waals surface area contributed by atoms with Crippen molar-refractivity contribution in [1.82, 2.24) is 5.16 Å². The first-order valence-electron chi connectivity index (χ1n) is 13.8. The van der Waals surface area contributed by atoms with Gasteiger partial charge >= 0.3 is 0 Å². The third-order valence-corrected chi connectivity index (χ3v) is 7.79. The molecule has 0 fully saturated rings. The molecule has 5 rings (SSSR count). The number of fused-ring (bicyclic) bond motifs is 1. The van der Waals surface area contributed by atoms with E-state index >= 15 is 0 Å². The molecular weight excluding hydrogens is 537 g/mol. The lowest BCUT2D eigenvalue weighted by molar-refractivity contribution is -0.122. The molecule has 1 amide bonds. The predicted molar refractivity (Wildman–Crippen MR) is 165 cm³/mol. The smallest absolute Gasteiger partial charge is 0.237 e. The number of anilines is 1. The van der Waals surface area contributed by atoms with E-state index in [1.807, 2.05) is 59.7 Å². The van der Waals surface area contributed by atoms with Gasteiger partial charge in [-0.05, 0) is 92.1 Å². The minimum Gasteiger partial charge on any atom is -0.377 e. The summed E-state index contributed by atoms with van der Waals surface area (Å²) in [6.45, 7) is 12.8. The first-order valence-corrected chi connectivity index (χ1v) is 14.7. The number of carbonyl (C=O) groups is 1. The van der Waals surface area contributed by atoms with Crippen LogP contribution in [0.1, 0.15) is 55.7 Å². The molecule has 0 aliphatic carbocycles. The van der Waals surface area contributed by atoms with E-state index in [1.165, 1.54) is 24.1 Å². The van der Waals surface area contributed by atoms with Gasteiger partial charge in [-0.15, -0.1) is 0 Å². The lowest BCUT2D eigenvalue weighted by Crippen LogP contribution is -2.37. The molecule has 1 aliphatic heterocycles. The molecule has 4 aromatic rings. The second-order valence-electron chi connectivity index (χ2n) is 9.84. The molecule has 6 nitrogen and oxygen atoms in total. The third-order valence-electron chi connectivity index (χ3n) is 7.18. The highest BCUT2D eigenvalue weighted by Gasteiger charge is 2.46. The van der Waals surface area contributed by atoms with Gasteiger partial charge in [0.05, 0.1) is 23.9 Å². The molecule has 218 valence electrons. The molecule has 3 aromatic carbocycles. The minimum atomic E-state index is -0.757. The Morgan fingerprint density at radius 3 is 2.41 bits per heavy atom. The molecule has 2 heterocycles. The minimum absolute atomic E-state index is 0.0292. The molecular formula is C33H40FN3O3S. The average Bonchev–Trinajstić information content (AvgIpc) is 3.45. The van der Waals surface area contributed by atoms with Crippen molar-refractivity contribution in [3.63, 3.8) is 0 Å². The number of rotatable bonds is 7. The van der Waals surface area contributed by atoms with E-state index < -0.39 is 5.41 Å². The number of hydrogen-bond acceptors (Lipinski definition) is 6. The van der Waals surface area contributed by atoms with Crippen LogP contribution in [-0.2, 0) is 28.0 Å². The predicted octanol–water partition coefficient (Wildman–Crippen LogP) is 7.79. The monoisotopic (exact) mass is 577 g/mol. The normalized spacial score (nSPS) is 15.5. The fourth-order valence-electron chi connectivity index (χ4n) is 4.91. The van der Waals surface area contributed by atoms with Gasteiger partial charge in [-0.3, -0.25) is 9.93 Å². The fourth-order valence-corrected chi connectivity index (χ4v) is 5.38. The van der Waals surface area contributed by atoms with Gasteiger partial charge in [0.2, 0.25) is 5.91 Å². The van der Waals surface area contributed by atoms with Crippen LogP contribution in [0.25, 0.3) is 11.1 Å². The van der Waals surface area contributed by atoms with Gasteiger partial charge in [0.1, 0.15) is 11.6 Å². The molecule has 1 aromatic heterocycles. The van der Waals surface area contributed by atoms with Crippen LogP contribution in [0.3, 0.4) is 0 Å². The highest BCUT2D eigenvalue weighted by atomic mass is 32.2. The summed E-state index contributed by atoms with van der Waals surface area (Å²) in [6, 6.07) is 18.9. The number of amides is 1. The lowest BCUT2D eigenvalue weighted by Gasteiger charge is -2.24. The maximum Gasteiger partial charge on any atom is 0.237 e. The molecule has 1 atom stereocenters. The van der Waals surface area contributed by atoms with Crippen molar-refractivity contribution in [1.29, 1.82) is 0 Å². The molecule has 0 saturated carbocycles. The van der Waals surface area contributed by atoms with Crippen molar-refractivity contribution in [2.75, 3.05) is 18.6 Å². The van der Waals surface area contributed by atoms with Crippen LogP contribution in [0.15, 0.2) is 76.3 Å². The maximum atomic E-state index is 13.8. The Morgan fingerprint density at radius 2 is 1.80 bits per heavy atom. The molecule has 8 heteroatoms. The zero-order valence-electron chi connectivity index (χ0n) is 25.0. The fraction of sp³-hybridized carbons (Fsp3) is 0.333. The van der Waals surface area contributed by atoms with Gasteiger partial charge in [-0.1, -0.05) is 61.5 Å². The second kappa shape index (κ2) is 14.4. The molecule has 2 N–H and O–H groups in total. The van der Waals surface area contributed by atoms with Gasteiger partial charge < -0.3 is 14.2 Å². The lowest BCUT2D eigenvalue weighted by atomic mass is 9.78. The molecule has 0 saturated heterocycles. The van der Waals surface area contributed by atoms with Crippen LogP contribution in [0.5, 0.6) is 0 Å². The van der Waals surface area contributed by atoms with Crippen molar-refractivity contribution < 1.29 is 18.4 Å². The van der Waals surface area contributed by atoms with Crippen molar-refractivity contribution in [2.45, 2.75) is 64.9 Å². The number of aryl methyl sites for hydroxylation is 2. The zero-order valence-corrected chi connectivity index (χ0v) is 25.8. The quantitative estimate of drug-likeness (QED) is 0.226. The number of nitrogens with two attached hydrogens (primary N) is 1. The molecule has 0 spiro atoms. The third kappa shape index (κ3) is 7.07. The van der Waals surface area contributed by atoms with Crippen LogP contribution in [0, 0.1) is 19.7 Å². The van der Waals surface area contributed by atoms with Gasteiger partial charge in [0.15, 0.2) is 0 Å². The van der Waals surface area contributed by atoms with Crippen LogP contribution in [-0.4, -0.2) is 24.7 Å². The summed E-state index contributed by atoms with van der Waals surface area (Å²) < 4.78 is 24.3. The van der Waals surface area contributed by atoms with E-state index in [4.69, 9.17) is 14.4 Å². The van der Waals surface area contributed by atoms with Crippen molar-refractivity contribution in [3.8, 4) is 11.1 Å². The Labute approximate surface area is 247 Å². The van der Waals surface area contributed by atoms with Crippen molar-refractivity contribution >= 4 is 23.5 Å². The van der Waals surface area contributed by atoms with Crippen LogP contribution < -0.4 is 10.0 Å². The first kappa shape index (κ1) is 32.1. The number of aromatic nitrogens is 1. The summed E-state index contributed by atoms with van der Waals surface area (Å²) in [4.78, 5) is 15.7. The topological polar surface area (TPSA) is 81.6 Å². The molecule has 41 heavy (non-hydrogen) atoms. The maximum absolute atomic E-state index is 13.8. The summed E-state index contributed by atoms with van der Waals surface area (Å²) in [5.74, 6) is 0.533. The standard InChI is InChI=1S/C26H27FN2O2S.C5H7NO.C2H6/c1-4-31-16-18-13-17(9-11-20(18)21-7-5-6-8-24(21)32-28)15-26(2)22-12-10-19(27)14-23(22)29(3)25(26)30;1-4-3-6-7-5(4)2;1-2/h5-14H,4,15-16,28H2,1-3H3;3H,1-2H3;1-2H3. The largest absolute Gasteiger partial charge is 0.377 e. The number of benzene rings is 3. The van der Waals surface area contributed by atoms with E-state index in [9.17, 15) is 9.18 Å². The number of carbonyl (C=O) groups excluding carboxylic acids is 1. The van der Waals surface area contributed by atoms with E-state index in [0.29, 0.717) is 25.3 Å². The van der Waals surface area contributed by atoms with E-state index in [-0.39, 0.29) is 11.7 Å². The van der Waals surface area contributed by atoms with Crippen molar-refractivity contribution in [2.24, 2.45) is 5.14 Å². The summed E-state index contributed by atoms with van der Waals surface area (Å²) in [6.07, 6.45) is 2.22. The van der Waals surface area contributed by atoms with E-state index in [0.717, 1.165) is 44.0 Å². The molecule has 1 aliphatic rings. The molecule has 0 bridgehead atoms.